The van der Waals surface area contributed by atoms with Crippen LogP contribution >= 0.6 is 0 Å². The molecular formula is C16H21NO4. The molecule has 1 fully saturated rings. The molecule has 114 valence electrons. The van der Waals surface area contributed by atoms with E-state index in [2.05, 4.69) is 4.90 Å². The number of hydrogen-bond acceptors (Lipinski definition) is 5. The zero-order chi connectivity index (χ0) is 15.4. The largest absolute Gasteiger partial charge is 0.488 e. The van der Waals surface area contributed by atoms with Crippen LogP contribution in [0.25, 0.3) is 0 Å². The zero-order valence-corrected chi connectivity index (χ0v) is 12.7. The van der Waals surface area contributed by atoms with Crippen molar-refractivity contribution in [3.05, 3.63) is 23.8 Å². The fourth-order valence-corrected chi connectivity index (χ4v) is 2.40. The first-order valence-corrected chi connectivity index (χ1v) is 7.17. The van der Waals surface area contributed by atoms with Gasteiger partial charge in [0, 0.05) is 25.9 Å². The van der Waals surface area contributed by atoms with Gasteiger partial charge in [-0.2, -0.15) is 0 Å². The highest BCUT2D eigenvalue weighted by Crippen LogP contribution is 2.34. The second kappa shape index (κ2) is 6.61. The molecule has 1 heterocycles. The van der Waals surface area contributed by atoms with Gasteiger partial charge in [0.05, 0.1) is 18.9 Å². The number of hydrogen-bond donors (Lipinski definition) is 0. The number of carbonyl (C=O) groups is 2. The summed E-state index contributed by atoms with van der Waals surface area (Å²) in [6.07, 6.45) is 1.01. The SMILES string of the molecule is COC(=O)c1cccc(N2CCC(=O)CC2)c1OC(C)C. The van der Waals surface area contributed by atoms with Gasteiger partial charge in [0.2, 0.25) is 0 Å². The second-order valence-corrected chi connectivity index (χ2v) is 5.34. The zero-order valence-electron chi connectivity index (χ0n) is 12.7. The summed E-state index contributed by atoms with van der Waals surface area (Å²) in [5.41, 5.74) is 1.26. The first kappa shape index (κ1) is 15.4. The van der Waals surface area contributed by atoms with Crippen LogP contribution in [-0.2, 0) is 9.53 Å². The van der Waals surface area contributed by atoms with Crippen LogP contribution in [0, 0.1) is 0 Å². The number of ether oxygens (including phenoxy) is 2. The molecule has 1 aliphatic rings. The predicted molar refractivity (Wildman–Crippen MR) is 80.0 cm³/mol. The Hall–Kier alpha value is -2.04. The lowest BCUT2D eigenvalue weighted by molar-refractivity contribution is -0.119. The van der Waals surface area contributed by atoms with Gasteiger partial charge in [-0.3, -0.25) is 4.79 Å². The normalized spacial score (nSPS) is 15.2. The van der Waals surface area contributed by atoms with E-state index in [1.807, 2.05) is 26.0 Å². The minimum Gasteiger partial charge on any atom is -0.488 e. The number of carbonyl (C=O) groups excluding carboxylic acids is 2. The molecule has 0 spiro atoms. The molecule has 0 atom stereocenters. The average Bonchev–Trinajstić information content (AvgIpc) is 2.47. The number of benzene rings is 1. The first-order chi connectivity index (χ1) is 10.0. The van der Waals surface area contributed by atoms with Crippen LogP contribution in [0.1, 0.15) is 37.0 Å². The van der Waals surface area contributed by atoms with E-state index in [1.54, 1.807) is 6.07 Å². The summed E-state index contributed by atoms with van der Waals surface area (Å²) < 4.78 is 10.7. The van der Waals surface area contributed by atoms with Gasteiger partial charge in [-0.05, 0) is 26.0 Å². The summed E-state index contributed by atoms with van der Waals surface area (Å²) in [5, 5.41) is 0. The molecule has 0 radical (unpaired) electrons. The fraction of sp³-hybridized carbons (Fsp3) is 0.500. The Morgan fingerprint density at radius 2 is 1.90 bits per heavy atom. The smallest absolute Gasteiger partial charge is 0.341 e. The second-order valence-electron chi connectivity index (χ2n) is 5.34. The van der Waals surface area contributed by atoms with Crippen molar-refractivity contribution >= 4 is 17.4 Å². The lowest BCUT2D eigenvalue weighted by Crippen LogP contribution is -2.34. The van der Waals surface area contributed by atoms with E-state index in [9.17, 15) is 9.59 Å². The number of anilines is 1. The molecule has 1 aliphatic heterocycles. The Labute approximate surface area is 124 Å². The monoisotopic (exact) mass is 291 g/mol. The van der Waals surface area contributed by atoms with Crippen LogP contribution in [-0.4, -0.2) is 38.1 Å². The maximum atomic E-state index is 11.9. The minimum absolute atomic E-state index is 0.0546. The van der Waals surface area contributed by atoms with Gasteiger partial charge in [-0.1, -0.05) is 6.07 Å². The number of Topliss-reactive ketones (excluding diaryl/α,β-unsaturated/α-hetero) is 1. The van der Waals surface area contributed by atoms with E-state index in [0.29, 0.717) is 37.2 Å². The van der Waals surface area contributed by atoms with E-state index in [4.69, 9.17) is 9.47 Å². The molecule has 0 saturated carbocycles. The van der Waals surface area contributed by atoms with E-state index in [1.165, 1.54) is 7.11 Å². The highest BCUT2D eigenvalue weighted by Gasteiger charge is 2.24. The van der Waals surface area contributed by atoms with Crippen molar-refractivity contribution in [2.45, 2.75) is 32.8 Å². The van der Waals surface area contributed by atoms with Crippen molar-refractivity contribution in [3.8, 4) is 5.75 Å². The number of rotatable bonds is 4. The van der Waals surface area contributed by atoms with Gasteiger partial charge in [0.25, 0.3) is 0 Å². The van der Waals surface area contributed by atoms with E-state index in [-0.39, 0.29) is 11.9 Å². The number of methoxy groups -OCH3 is 1. The molecular weight excluding hydrogens is 270 g/mol. The highest BCUT2D eigenvalue weighted by atomic mass is 16.5. The van der Waals surface area contributed by atoms with Gasteiger partial charge >= 0.3 is 5.97 Å². The summed E-state index contributed by atoms with van der Waals surface area (Å²) in [6.45, 7) is 5.13. The predicted octanol–water partition coefficient (Wildman–Crippen LogP) is 2.43. The molecule has 0 unspecified atom stereocenters. The quantitative estimate of drug-likeness (QED) is 0.797. The van der Waals surface area contributed by atoms with Gasteiger partial charge in [0.15, 0.2) is 5.75 Å². The van der Waals surface area contributed by atoms with E-state index >= 15 is 0 Å². The molecule has 0 aliphatic carbocycles. The summed E-state index contributed by atoms with van der Waals surface area (Å²) in [4.78, 5) is 25.4. The van der Waals surface area contributed by atoms with Crippen molar-refractivity contribution in [1.29, 1.82) is 0 Å². The van der Waals surface area contributed by atoms with Crippen LogP contribution in [0.2, 0.25) is 0 Å². The average molecular weight is 291 g/mol. The molecule has 1 aromatic carbocycles. The maximum absolute atomic E-state index is 11.9. The molecule has 5 heteroatoms. The highest BCUT2D eigenvalue weighted by molar-refractivity contribution is 5.95. The molecule has 1 aromatic rings. The molecule has 0 aromatic heterocycles. The lowest BCUT2D eigenvalue weighted by Gasteiger charge is -2.30. The van der Waals surface area contributed by atoms with Crippen molar-refractivity contribution in [1.82, 2.24) is 0 Å². The van der Waals surface area contributed by atoms with Crippen LogP contribution < -0.4 is 9.64 Å². The first-order valence-electron chi connectivity index (χ1n) is 7.17. The number of piperidine rings is 1. The summed E-state index contributed by atoms with van der Waals surface area (Å²) in [7, 11) is 1.35. The molecule has 1 saturated heterocycles. The third kappa shape index (κ3) is 3.54. The van der Waals surface area contributed by atoms with E-state index < -0.39 is 5.97 Å². The molecule has 0 bridgehead atoms. The molecule has 5 nitrogen and oxygen atoms in total. The molecule has 21 heavy (non-hydrogen) atoms. The van der Waals surface area contributed by atoms with Crippen molar-refractivity contribution in [2.24, 2.45) is 0 Å². The van der Waals surface area contributed by atoms with Gasteiger partial charge in [0.1, 0.15) is 11.3 Å². The third-order valence-corrected chi connectivity index (χ3v) is 3.41. The van der Waals surface area contributed by atoms with Crippen LogP contribution in [0.5, 0.6) is 5.75 Å². The number of nitrogens with zero attached hydrogens (tertiary/aromatic N) is 1. The van der Waals surface area contributed by atoms with Gasteiger partial charge in [-0.15, -0.1) is 0 Å². The number of para-hydroxylation sites is 1. The molecule has 2 rings (SSSR count). The fourth-order valence-electron chi connectivity index (χ4n) is 2.40. The van der Waals surface area contributed by atoms with Crippen LogP contribution in [0.3, 0.4) is 0 Å². The Balaban J connectivity index is 2.39. The van der Waals surface area contributed by atoms with Crippen molar-refractivity contribution in [3.63, 3.8) is 0 Å². The maximum Gasteiger partial charge on any atom is 0.341 e. The standard InChI is InChI=1S/C16H21NO4/c1-11(2)21-15-13(16(19)20-3)5-4-6-14(15)17-9-7-12(18)8-10-17/h4-6,11H,7-10H2,1-3H3. The van der Waals surface area contributed by atoms with Gasteiger partial charge in [-0.25, -0.2) is 4.79 Å². The van der Waals surface area contributed by atoms with Gasteiger partial charge < -0.3 is 14.4 Å². The summed E-state index contributed by atoms with van der Waals surface area (Å²) >= 11 is 0. The lowest BCUT2D eigenvalue weighted by atomic mass is 10.1. The molecule has 0 N–H and O–H groups in total. The van der Waals surface area contributed by atoms with E-state index in [0.717, 1.165) is 5.69 Å². The Morgan fingerprint density at radius 3 is 2.48 bits per heavy atom. The Morgan fingerprint density at radius 1 is 1.24 bits per heavy atom. The third-order valence-electron chi connectivity index (χ3n) is 3.41. The molecule has 0 amide bonds. The van der Waals surface area contributed by atoms with Crippen LogP contribution in [0.15, 0.2) is 18.2 Å². The summed E-state index contributed by atoms with van der Waals surface area (Å²) in [6, 6.07) is 5.42. The van der Waals surface area contributed by atoms with Crippen molar-refractivity contribution in [2.75, 3.05) is 25.1 Å². The minimum atomic E-state index is -0.416. The van der Waals surface area contributed by atoms with Crippen LogP contribution in [0.4, 0.5) is 5.69 Å². The Kier molecular flexibility index (Phi) is 4.83. The number of ketones is 1. The van der Waals surface area contributed by atoms with Crippen molar-refractivity contribution < 1.29 is 19.1 Å². The topological polar surface area (TPSA) is 55.8 Å². The Bertz CT molecular complexity index is 529. The number of esters is 1. The summed E-state index contributed by atoms with van der Waals surface area (Å²) in [5.74, 6) is 0.399.